The summed E-state index contributed by atoms with van der Waals surface area (Å²) in [5.41, 5.74) is 3.12. The van der Waals surface area contributed by atoms with Crippen LogP contribution in [-0.2, 0) is 17.9 Å². The van der Waals surface area contributed by atoms with E-state index < -0.39 is 0 Å². The highest BCUT2D eigenvalue weighted by Crippen LogP contribution is 2.46. The summed E-state index contributed by atoms with van der Waals surface area (Å²) in [6.45, 7) is 0.743. The molecular formula is C28H28Cl2FN3O3. The van der Waals surface area contributed by atoms with Gasteiger partial charge in [-0.3, -0.25) is 0 Å². The number of halogens is 3. The van der Waals surface area contributed by atoms with Crippen LogP contribution in [0.2, 0.25) is 10.0 Å². The number of fused-ring (bicyclic) bond motifs is 2. The molecule has 9 heteroatoms. The zero-order valence-corrected chi connectivity index (χ0v) is 21.8. The van der Waals surface area contributed by atoms with Crippen molar-refractivity contribution in [3.8, 4) is 11.3 Å². The van der Waals surface area contributed by atoms with Crippen LogP contribution in [0.1, 0.15) is 61.3 Å². The number of urea groups is 1. The zero-order valence-electron chi connectivity index (χ0n) is 20.3. The Labute approximate surface area is 225 Å². The molecule has 3 aliphatic rings. The smallest absolute Gasteiger partial charge is 0.318 e. The van der Waals surface area contributed by atoms with Gasteiger partial charge in [0.15, 0.2) is 0 Å². The van der Waals surface area contributed by atoms with Crippen LogP contribution in [0.4, 0.5) is 9.18 Å². The van der Waals surface area contributed by atoms with Gasteiger partial charge >= 0.3 is 6.03 Å². The van der Waals surface area contributed by atoms with Crippen molar-refractivity contribution in [2.24, 2.45) is 0 Å². The lowest BCUT2D eigenvalue weighted by atomic mass is 9.99. The highest BCUT2D eigenvalue weighted by atomic mass is 35.5. The van der Waals surface area contributed by atoms with Crippen LogP contribution < -0.4 is 5.32 Å². The first-order valence-corrected chi connectivity index (χ1v) is 13.6. The van der Waals surface area contributed by atoms with Crippen LogP contribution >= 0.6 is 23.2 Å². The number of hydrogen-bond acceptors (Lipinski definition) is 4. The van der Waals surface area contributed by atoms with Crippen LogP contribution in [0.25, 0.3) is 11.3 Å². The predicted molar refractivity (Wildman–Crippen MR) is 139 cm³/mol. The molecular weight excluding hydrogens is 516 g/mol. The summed E-state index contributed by atoms with van der Waals surface area (Å²) in [6, 6.07) is 11.8. The number of benzene rings is 2. The summed E-state index contributed by atoms with van der Waals surface area (Å²) in [6.07, 6.45) is 5.70. The van der Waals surface area contributed by atoms with Crippen LogP contribution in [0.15, 0.2) is 47.0 Å². The molecule has 2 bridgehead atoms. The molecule has 6 nitrogen and oxygen atoms in total. The second-order valence-electron chi connectivity index (χ2n) is 10.2. The summed E-state index contributed by atoms with van der Waals surface area (Å²) < 4.78 is 25.4. The van der Waals surface area contributed by atoms with Gasteiger partial charge in [0.25, 0.3) is 0 Å². The summed E-state index contributed by atoms with van der Waals surface area (Å²) in [4.78, 5) is 15.0. The summed E-state index contributed by atoms with van der Waals surface area (Å²) >= 11 is 13.0. The van der Waals surface area contributed by atoms with Gasteiger partial charge in [-0.2, -0.15) is 0 Å². The van der Waals surface area contributed by atoms with E-state index in [4.69, 9.17) is 32.5 Å². The van der Waals surface area contributed by atoms with Crippen LogP contribution in [0.5, 0.6) is 0 Å². The molecule has 0 spiro atoms. The number of piperidine rings is 1. The second kappa shape index (κ2) is 10.3. The zero-order chi connectivity index (χ0) is 25.5. The minimum atomic E-state index is -0.285. The lowest BCUT2D eigenvalue weighted by Gasteiger charge is -2.38. The average Bonchev–Trinajstić information content (AvgIpc) is 3.59. The summed E-state index contributed by atoms with van der Waals surface area (Å²) in [5, 5.41) is 8.41. The van der Waals surface area contributed by atoms with E-state index in [-0.39, 0.29) is 30.0 Å². The number of ether oxygens (including phenoxy) is 1. The number of aromatic nitrogens is 1. The van der Waals surface area contributed by atoms with Gasteiger partial charge in [-0.1, -0.05) is 46.6 Å². The Morgan fingerprint density at radius 3 is 2.38 bits per heavy atom. The third-order valence-electron chi connectivity index (χ3n) is 7.71. The Bertz CT molecular complexity index is 1260. The lowest BCUT2D eigenvalue weighted by molar-refractivity contribution is -0.0172. The maximum absolute atomic E-state index is 13.2. The molecule has 2 aliphatic heterocycles. The fraction of sp³-hybridized carbons (Fsp3) is 0.429. The second-order valence-corrected chi connectivity index (χ2v) is 11.0. The molecule has 194 valence electrons. The molecule has 3 fully saturated rings. The van der Waals surface area contributed by atoms with Crippen molar-refractivity contribution in [3.05, 3.63) is 75.2 Å². The van der Waals surface area contributed by atoms with Crippen LogP contribution in [-0.4, -0.2) is 34.3 Å². The Kier molecular flexibility index (Phi) is 6.86. The number of carbonyl (C=O) groups excluding carboxylic acids is 1. The Morgan fingerprint density at radius 1 is 1.05 bits per heavy atom. The molecule has 0 radical (unpaired) electrons. The highest BCUT2D eigenvalue weighted by Gasteiger charge is 2.44. The first-order valence-electron chi connectivity index (χ1n) is 12.8. The van der Waals surface area contributed by atoms with E-state index in [0.717, 1.165) is 55.4 Å². The SMILES string of the molecule is O=C(NCc1ccc(F)cc1)N1C2CCC1CC(OCc1c(-c3c(Cl)cccc3Cl)noc1C1CC1)C2. The standard InChI is InChI=1S/C28H28Cl2FN3O3/c29-23-2-1-3-24(30)25(23)26-22(27(37-33-26)17-6-7-17)15-36-21-12-19-10-11-20(13-21)34(19)28(35)32-14-16-4-8-18(31)9-5-16/h1-5,8-9,17,19-21H,6-7,10-15H2,(H,32,35). The van der Waals surface area contributed by atoms with Crippen molar-refractivity contribution >= 4 is 29.2 Å². The number of rotatable bonds is 7. The largest absolute Gasteiger partial charge is 0.373 e. The number of nitrogens with zero attached hydrogens (tertiary/aromatic N) is 2. The molecule has 3 heterocycles. The normalized spacial score (nSPS) is 22.9. The van der Waals surface area contributed by atoms with E-state index in [1.807, 2.05) is 11.0 Å². The van der Waals surface area contributed by atoms with Crippen molar-refractivity contribution in [1.82, 2.24) is 15.4 Å². The predicted octanol–water partition coefficient (Wildman–Crippen LogP) is 7.09. The Morgan fingerprint density at radius 2 is 1.73 bits per heavy atom. The van der Waals surface area contributed by atoms with E-state index in [1.165, 1.54) is 12.1 Å². The van der Waals surface area contributed by atoms with Crippen molar-refractivity contribution < 1.29 is 18.4 Å². The lowest BCUT2D eigenvalue weighted by Crippen LogP contribution is -2.52. The fourth-order valence-electron chi connectivity index (χ4n) is 5.72. The number of amides is 2. The van der Waals surface area contributed by atoms with E-state index >= 15 is 0 Å². The van der Waals surface area contributed by atoms with Crippen LogP contribution in [0, 0.1) is 5.82 Å². The topological polar surface area (TPSA) is 67.6 Å². The monoisotopic (exact) mass is 543 g/mol. The quantitative estimate of drug-likeness (QED) is 0.345. The Balaban J connectivity index is 1.12. The highest BCUT2D eigenvalue weighted by molar-refractivity contribution is 6.39. The van der Waals surface area contributed by atoms with Crippen molar-refractivity contribution in [1.29, 1.82) is 0 Å². The minimum absolute atomic E-state index is 0.0372. The van der Waals surface area contributed by atoms with Crippen molar-refractivity contribution in [2.75, 3.05) is 0 Å². The minimum Gasteiger partial charge on any atom is -0.373 e. The van der Waals surface area contributed by atoms with E-state index in [0.29, 0.717) is 40.4 Å². The van der Waals surface area contributed by atoms with Crippen LogP contribution in [0.3, 0.4) is 0 Å². The molecule has 1 aromatic heterocycles. The molecule has 6 rings (SSSR count). The maximum atomic E-state index is 13.2. The molecule has 2 atom stereocenters. The third kappa shape index (κ3) is 5.09. The molecule has 2 amide bonds. The van der Waals surface area contributed by atoms with Gasteiger partial charge in [-0.05, 0) is 68.4 Å². The van der Waals surface area contributed by atoms with E-state index in [1.54, 1.807) is 24.3 Å². The molecule has 2 saturated heterocycles. The van der Waals surface area contributed by atoms with Crippen molar-refractivity contribution in [2.45, 2.75) is 75.8 Å². The van der Waals surface area contributed by atoms with Gasteiger partial charge in [0.1, 0.15) is 17.3 Å². The molecule has 1 N–H and O–H groups in total. The first-order chi connectivity index (χ1) is 18.0. The molecule has 2 aromatic carbocycles. The van der Waals surface area contributed by atoms with Gasteiger partial charge in [0.2, 0.25) is 0 Å². The summed E-state index contributed by atoms with van der Waals surface area (Å²) in [5.74, 6) is 0.947. The van der Waals surface area contributed by atoms with Gasteiger partial charge in [-0.25, -0.2) is 9.18 Å². The van der Waals surface area contributed by atoms with E-state index in [9.17, 15) is 9.18 Å². The van der Waals surface area contributed by atoms with E-state index in [2.05, 4.69) is 10.5 Å². The first kappa shape index (κ1) is 24.7. The summed E-state index contributed by atoms with van der Waals surface area (Å²) in [7, 11) is 0. The third-order valence-corrected chi connectivity index (χ3v) is 8.34. The number of hydrogen-bond donors (Lipinski definition) is 1. The molecule has 1 saturated carbocycles. The molecule has 2 unspecified atom stereocenters. The van der Waals surface area contributed by atoms with Gasteiger partial charge in [0, 0.05) is 35.7 Å². The average molecular weight is 544 g/mol. The van der Waals surface area contributed by atoms with Crippen molar-refractivity contribution in [3.63, 3.8) is 0 Å². The van der Waals surface area contributed by atoms with Gasteiger partial charge in [-0.15, -0.1) is 0 Å². The molecule has 3 aromatic rings. The number of carbonyl (C=O) groups is 1. The number of nitrogens with one attached hydrogen (secondary N) is 1. The molecule has 37 heavy (non-hydrogen) atoms. The molecule has 1 aliphatic carbocycles. The fourth-order valence-corrected chi connectivity index (χ4v) is 6.29. The maximum Gasteiger partial charge on any atom is 0.318 e. The van der Waals surface area contributed by atoms with Gasteiger partial charge < -0.3 is 19.5 Å². The Hall–Kier alpha value is -2.61. The van der Waals surface area contributed by atoms with Gasteiger partial charge in [0.05, 0.1) is 22.8 Å².